The minimum atomic E-state index is -3.57. The summed E-state index contributed by atoms with van der Waals surface area (Å²) < 4.78 is 35.0. The van der Waals surface area contributed by atoms with Crippen LogP contribution in [0.4, 0.5) is 5.69 Å². The monoisotopic (exact) mass is 513 g/mol. The Morgan fingerprint density at radius 3 is 2.51 bits per heavy atom. The minimum absolute atomic E-state index is 0.0494. The Labute approximate surface area is 210 Å². The molecule has 2 aliphatic heterocycles. The van der Waals surface area contributed by atoms with Crippen LogP contribution in [0.1, 0.15) is 29.4 Å². The van der Waals surface area contributed by atoms with Crippen molar-refractivity contribution < 1.29 is 17.9 Å². The van der Waals surface area contributed by atoms with Gasteiger partial charge in [0.05, 0.1) is 22.6 Å². The van der Waals surface area contributed by atoms with Gasteiger partial charge in [0.15, 0.2) is 0 Å². The largest absolute Gasteiger partial charge is 0.495 e. The van der Waals surface area contributed by atoms with E-state index in [0.29, 0.717) is 55.8 Å². The lowest BCUT2D eigenvalue weighted by Crippen LogP contribution is -2.48. The molecule has 9 heteroatoms. The molecule has 2 saturated heterocycles. The van der Waals surface area contributed by atoms with Gasteiger partial charge in [-0.05, 0) is 54.5 Å². The van der Waals surface area contributed by atoms with Crippen LogP contribution in [0.2, 0.25) is 0 Å². The average molecular weight is 514 g/mol. The summed E-state index contributed by atoms with van der Waals surface area (Å²) in [6.07, 6.45) is 1.95. The van der Waals surface area contributed by atoms with Crippen LogP contribution in [-0.4, -0.2) is 69.9 Å². The second kappa shape index (κ2) is 9.79. The summed E-state index contributed by atoms with van der Waals surface area (Å²) in [7, 11) is -1.97. The van der Waals surface area contributed by atoms with Gasteiger partial charge in [-0.15, -0.1) is 11.3 Å². The normalized spacial score (nSPS) is 19.8. The third-order valence-electron chi connectivity index (χ3n) is 6.95. The molecule has 0 radical (unpaired) electrons. The summed E-state index contributed by atoms with van der Waals surface area (Å²) in [5, 5.41) is 1.09. The van der Waals surface area contributed by atoms with E-state index in [-0.39, 0.29) is 5.91 Å². The number of thiophene rings is 1. The molecule has 0 aliphatic carbocycles. The van der Waals surface area contributed by atoms with Gasteiger partial charge < -0.3 is 14.5 Å². The quantitative estimate of drug-likeness (QED) is 0.509. The number of fused-ring (bicyclic) bond motifs is 1. The van der Waals surface area contributed by atoms with E-state index in [0.717, 1.165) is 33.5 Å². The fourth-order valence-electron chi connectivity index (χ4n) is 4.98. The van der Waals surface area contributed by atoms with Crippen molar-refractivity contribution >= 4 is 43.0 Å². The molecule has 35 heavy (non-hydrogen) atoms. The number of methoxy groups -OCH3 is 1. The number of piperazine rings is 1. The average Bonchev–Trinajstić information content (AvgIpc) is 3.32. The Morgan fingerprint density at radius 2 is 1.80 bits per heavy atom. The second-order valence-electron chi connectivity index (χ2n) is 9.37. The molecular formula is C26H31N3O4S2. The molecule has 7 nitrogen and oxygen atoms in total. The molecule has 2 aromatic carbocycles. The van der Waals surface area contributed by atoms with Crippen LogP contribution >= 0.6 is 11.3 Å². The van der Waals surface area contributed by atoms with Crippen LogP contribution in [0, 0.1) is 5.92 Å². The number of hydrogen-bond acceptors (Lipinski definition) is 6. The van der Waals surface area contributed by atoms with Crippen LogP contribution in [0.3, 0.4) is 0 Å². The van der Waals surface area contributed by atoms with Gasteiger partial charge >= 0.3 is 0 Å². The Bertz CT molecular complexity index is 1300. The highest BCUT2D eigenvalue weighted by Crippen LogP contribution is 2.34. The number of rotatable bonds is 5. The maximum absolute atomic E-state index is 13.4. The summed E-state index contributed by atoms with van der Waals surface area (Å²) in [4.78, 5) is 18.2. The lowest BCUT2D eigenvalue weighted by Gasteiger charge is -2.37. The van der Waals surface area contributed by atoms with E-state index in [2.05, 4.69) is 11.8 Å². The van der Waals surface area contributed by atoms with E-state index in [1.165, 1.54) is 11.3 Å². The van der Waals surface area contributed by atoms with Crippen molar-refractivity contribution in [2.45, 2.75) is 24.7 Å². The van der Waals surface area contributed by atoms with Crippen LogP contribution in [0.5, 0.6) is 5.75 Å². The van der Waals surface area contributed by atoms with Crippen LogP contribution in [0.25, 0.3) is 10.1 Å². The number of piperidine rings is 1. The zero-order valence-electron chi connectivity index (χ0n) is 20.1. The van der Waals surface area contributed by atoms with Crippen molar-refractivity contribution in [1.82, 2.24) is 9.21 Å². The maximum Gasteiger partial charge on any atom is 0.264 e. The number of anilines is 1. The molecule has 186 valence electrons. The molecule has 3 aromatic rings. The summed E-state index contributed by atoms with van der Waals surface area (Å²) in [6, 6.07) is 15.1. The molecule has 2 fully saturated rings. The van der Waals surface area contributed by atoms with Gasteiger partial charge in [-0.25, -0.2) is 8.42 Å². The zero-order chi connectivity index (χ0) is 24.6. The number of benzene rings is 2. The van der Waals surface area contributed by atoms with Gasteiger partial charge in [0.2, 0.25) is 10.0 Å². The maximum atomic E-state index is 13.4. The summed E-state index contributed by atoms with van der Waals surface area (Å²) >= 11 is 1.52. The highest BCUT2D eigenvalue weighted by atomic mass is 32.2. The zero-order valence-corrected chi connectivity index (χ0v) is 21.8. The van der Waals surface area contributed by atoms with E-state index < -0.39 is 10.0 Å². The molecule has 0 saturated carbocycles. The number of carbonyl (C=O) groups is 1. The predicted octanol–water partition coefficient (Wildman–Crippen LogP) is 4.29. The molecule has 0 bridgehead atoms. The lowest BCUT2D eigenvalue weighted by atomic mass is 10.0. The first-order valence-electron chi connectivity index (χ1n) is 12.1. The number of ether oxygens (including phenoxy) is 1. The Kier molecular flexibility index (Phi) is 6.74. The molecule has 3 heterocycles. The predicted molar refractivity (Wildman–Crippen MR) is 140 cm³/mol. The smallest absolute Gasteiger partial charge is 0.264 e. The number of nitrogens with zero attached hydrogens (tertiary/aromatic N) is 3. The first kappa shape index (κ1) is 24.1. The molecule has 1 amide bonds. The highest BCUT2D eigenvalue weighted by molar-refractivity contribution is 7.89. The molecule has 1 unspecified atom stereocenters. The first-order chi connectivity index (χ1) is 16.9. The van der Waals surface area contributed by atoms with Crippen LogP contribution in [0.15, 0.2) is 53.4 Å². The van der Waals surface area contributed by atoms with Crippen molar-refractivity contribution in [2.24, 2.45) is 5.92 Å². The third-order valence-corrected chi connectivity index (χ3v) is 9.92. The Morgan fingerprint density at radius 1 is 1.03 bits per heavy atom. The van der Waals surface area contributed by atoms with E-state index >= 15 is 0 Å². The lowest BCUT2D eigenvalue weighted by molar-refractivity contribution is 0.0751. The molecule has 5 rings (SSSR count). The van der Waals surface area contributed by atoms with Gasteiger partial charge in [0, 0.05) is 44.0 Å². The minimum Gasteiger partial charge on any atom is -0.495 e. The Hall–Kier alpha value is -2.62. The third kappa shape index (κ3) is 4.77. The van der Waals surface area contributed by atoms with Crippen molar-refractivity contribution in [3.05, 3.63) is 53.4 Å². The number of amides is 1. The molecular weight excluding hydrogens is 482 g/mol. The molecule has 1 atom stereocenters. The second-order valence-corrected chi connectivity index (χ2v) is 12.4. The standard InChI is InChI=1S/C26H31N3O4S2/c1-19-6-5-11-29(18-19)35(31,32)21-9-10-23(33-2)22(17-21)27-12-14-28(15-13-27)26(30)25-16-20-7-3-4-8-24(20)34-25/h3-4,7-10,16-17,19H,5-6,11-15,18H2,1-2H3. The van der Waals surface area contributed by atoms with E-state index in [1.54, 1.807) is 29.6 Å². The van der Waals surface area contributed by atoms with Gasteiger partial charge in [0.1, 0.15) is 5.75 Å². The molecule has 0 spiro atoms. The number of sulfonamides is 1. The van der Waals surface area contributed by atoms with Gasteiger partial charge in [-0.3, -0.25) is 4.79 Å². The van der Waals surface area contributed by atoms with E-state index in [9.17, 15) is 13.2 Å². The van der Waals surface area contributed by atoms with Crippen LogP contribution in [-0.2, 0) is 10.0 Å². The number of carbonyl (C=O) groups excluding carboxylic acids is 1. The van der Waals surface area contributed by atoms with Gasteiger partial charge in [-0.1, -0.05) is 25.1 Å². The van der Waals surface area contributed by atoms with Gasteiger partial charge in [-0.2, -0.15) is 4.31 Å². The fraction of sp³-hybridized carbons (Fsp3) is 0.423. The van der Waals surface area contributed by atoms with Crippen molar-refractivity contribution in [2.75, 3.05) is 51.3 Å². The molecule has 2 aliphatic rings. The molecule has 1 aromatic heterocycles. The van der Waals surface area contributed by atoms with E-state index in [1.807, 2.05) is 35.2 Å². The van der Waals surface area contributed by atoms with Gasteiger partial charge in [0.25, 0.3) is 5.91 Å². The fourth-order valence-corrected chi connectivity index (χ4v) is 7.63. The Balaban J connectivity index is 1.32. The summed E-state index contributed by atoms with van der Waals surface area (Å²) in [5.41, 5.74) is 0.757. The number of hydrogen-bond donors (Lipinski definition) is 0. The SMILES string of the molecule is COc1ccc(S(=O)(=O)N2CCCC(C)C2)cc1N1CCN(C(=O)c2cc3ccccc3s2)CC1. The first-order valence-corrected chi connectivity index (χ1v) is 14.3. The summed E-state index contributed by atoms with van der Waals surface area (Å²) in [5.74, 6) is 1.05. The van der Waals surface area contributed by atoms with Crippen molar-refractivity contribution in [1.29, 1.82) is 0 Å². The topological polar surface area (TPSA) is 70.2 Å². The van der Waals surface area contributed by atoms with Crippen molar-refractivity contribution in [3.63, 3.8) is 0 Å². The highest BCUT2D eigenvalue weighted by Gasteiger charge is 2.31. The van der Waals surface area contributed by atoms with E-state index in [4.69, 9.17) is 4.74 Å². The van der Waals surface area contributed by atoms with Crippen molar-refractivity contribution in [3.8, 4) is 5.75 Å². The molecule has 0 N–H and O–H groups in total. The summed E-state index contributed by atoms with van der Waals surface area (Å²) in [6.45, 7) is 5.57. The van der Waals surface area contributed by atoms with Crippen LogP contribution < -0.4 is 9.64 Å².